The predicted octanol–water partition coefficient (Wildman–Crippen LogP) is 3.42. The fourth-order valence-electron chi connectivity index (χ4n) is 1.95. The second kappa shape index (κ2) is 8.54. The van der Waals surface area contributed by atoms with Crippen molar-refractivity contribution in [2.24, 2.45) is 0 Å². The molecule has 0 amide bonds. The zero-order valence-corrected chi connectivity index (χ0v) is 13.2. The van der Waals surface area contributed by atoms with Crippen LogP contribution < -0.4 is 18.9 Å². The van der Waals surface area contributed by atoms with Crippen molar-refractivity contribution in [3.05, 3.63) is 48.0 Å². The van der Waals surface area contributed by atoms with Crippen molar-refractivity contribution in [2.75, 3.05) is 26.9 Å². The monoisotopic (exact) mass is 313 g/mol. The highest BCUT2D eigenvalue weighted by atomic mass is 16.5. The van der Waals surface area contributed by atoms with Gasteiger partial charge in [0, 0.05) is 6.07 Å². The van der Waals surface area contributed by atoms with Crippen LogP contribution in [0.5, 0.6) is 23.0 Å². The van der Waals surface area contributed by atoms with Gasteiger partial charge in [0.1, 0.15) is 24.7 Å². The molecule has 0 saturated heterocycles. The van der Waals surface area contributed by atoms with Gasteiger partial charge in [-0.2, -0.15) is 5.26 Å². The maximum atomic E-state index is 8.92. The summed E-state index contributed by atoms with van der Waals surface area (Å²) in [7, 11) is 1.62. The van der Waals surface area contributed by atoms with Crippen LogP contribution in [0.15, 0.2) is 42.5 Å². The predicted molar refractivity (Wildman–Crippen MR) is 86.3 cm³/mol. The minimum absolute atomic E-state index is 0.373. The van der Waals surface area contributed by atoms with Gasteiger partial charge >= 0.3 is 0 Å². The molecular formula is C18H19NO4. The van der Waals surface area contributed by atoms with E-state index in [2.05, 4.69) is 6.07 Å². The zero-order chi connectivity index (χ0) is 16.5. The van der Waals surface area contributed by atoms with Crippen LogP contribution in [0.3, 0.4) is 0 Å². The molecule has 0 aliphatic carbocycles. The van der Waals surface area contributed by atoms with Crippen LogP contribution in [0.25, 0.3) is 0 Å². The van der Waals surface area contributed by atoms with E-state index in [-0.39, 0.29) is 0 Å². The van der Waals surface area contributed by atoms with Gasteiger partial charge in [-0.3, -0.25) is 0 Å². The largest absolute Gasteiger partial charge is 0.497 e. The summed E-state index contributed by atoms with van der Waals surface area (Å²) in [5, 5.41) is 8.92. The molecule has 0 radical (unpaired) electrons. The number of rotatable bonds is 8. The molecule has 0 N–H and O–H groups in total. The van der Waals surface area contributed by atoms with Crippen molar-refractivity contribution < 1.29 is 18.9 Å². The van der Waals surface area contributed by atoms with E-state index in [1.165, 1.54) is 0 Å². The third kappa shape index (κ3) is 4.82. The first-order valence-corrected chi connectivity index (χ1v) is 7.33. The van der Waals surface area contributed by atoms with Crippen molar-refractivity contribution in [1.29, 1.82) is 5.26 Å². The Hall–Kier alpha value is -2.87. The van der Waals surface area contributed by atoms with Gasteiger partial charge in [-0.25, -0.2) is 0 Å². The van der Waals surface area contributed by atoms with Crippen molar-refractivity contribution >= 4 is 0 Å². The Balaban J connectivity index is 1.86. The average molecular weight is 313 g/mol. The third-order valence-electron chi connectivity index (χ3n) is 3.04. The van der Waals surface area contributed by atoms with Gasteiger partial charge < -0.3 is 18.9 Å². The standard InChI is InChI=1S/C18H19NO4/c1-3-21-18-12-14(13-19)4-9-17(18)23-11-10-22-16-7-5-15(20-2)6-8-16/h4-9,12H,3,10-11H2,1-2H3. The summed E-state index contributed by atoms with van der Waals surface area (Å²) in [5.41, 5.74) is 0.537. The quantitative estimate of drug-likeness (QED) is 0.699. The molecule has 0 bridgehead atoms. The lowest BCUT2D eigenvalue weighted by Crippen LogP contribution is -2.10. The number of nitrogens with zero attached hydrogens (tertiary/aromatic N) is 1. The van der Waals surface area contributed by atoms with E-state index in [0.29, 0.717) is 36.9 Å². The molecule has 0 saturated carbocycles. The van der Waals surface area contributed by atoms with Crippen molar-refractivity contribution in [3.63, 3.8) is 0 Å². The fraction of sp³-hybridized carbons (Fsp3) is 0.278. The van der Waals surface area contributed by atoms with E-state index in [4.69, 9.17) is 24.2 Å². The number of nitriles is 1. The fourth-order valence-corrected chi connectivity index (χ4v) is 1.95. The van der Waals surface area contributed by atoms with Gasteiger partial charge in [-0.15, -0.1) is 0 Å². The van der Waals surface area contributed by atoms with Crippen LogP contribution in [0, 0.1) is 11.3 Å². The molecule has 5 heteroatoms. The van der Waals surface area contributed by atoms with Gasteiger partial charge in [0.2, 0.25) is 0 Å². The maximum absolute atomic E-state index is 8.92. The molecule has 2 rings (SSSR count). The second-order valence-electron chi connectivity index (χ2n) is 4.58. The van der Waals surface area contributed by atoms with Crippen LogP contribution in [0.1, 0.15) is 12.5 Å². The SMILES string of the molecule is CCOc1cc(C#N)ccc1OCCOc1ccc(OC)cc1. The van der Waals surface area contributed by atoms with E-state index in [9.17, 15) is 0 Å². The van der Waals surface area contributed by atoms with Gasteiger partial charge in [0.05, 0.1) is 25.3 Å². The molecular weight excluding hydrogens is 294 g/mol. The molecule has 0 heterocycles. The molecule has 120 valence electrons. The first-order valence-electron chi connectivity index (χ1n) is 7.33. The summed E-state index contributed by atoms with van der Waals surface area (Å²) >= 11 is 0. The summed E-state index contributed by atoms with van der Waals surface area (Å²) in [6.07, 6.45) is 0. The second-order valence-corrected chi connectivity index (χ2v) is 4.58. The molecule has 23 heavy (non-hydrogen) atoms. The maximum Gasteiger partial charge on any atom is 0.162 e. The Morgan fingerprint density at radius 1 is 0.870 bits per heavy atom. The summed E-state index contributed by atoms with van der Waals surface area (Å²) in [5.74, 6) is 2.70. The highest BCUT2D eigenvalue weighted by Gasteiger charge is 2.06. The minimum atomic E-state index is 0.373. The minimum Gasteiger partial charge on any atom is -0.497 e. The molecule has 0 aromatic heterocycles. The Morgan fingerprint density at radius 3 is 2.22 bits per heavy atom. The molecule has 0 aliphatic rings. The van der Waals surface area contributed by atoms with Crippen molar-refractivity contribution in [2.45, 2.75) is 6.92 Å². The van der Waals surface area contributed by atoms with Crippen molar-refractivity contribution in [1.82, 2.24) is 0 Å². The number of ether oxygens (including phenoxy) is 4. The molecule has 5 nitrogen and oxygen atoms in total. The molecule has 0 atom stereocenters. The normalized spacial score (nSPS) is 9.78. The third-order valence-corrected chi connectivity index (χ3v) is 3.04. The molecule has 2 aromatic rings. The van der Waals surface area contributed by atoms with Gasteiger partial charge in [-0.05, 0) is 43.3 Å². The Labute approximate surface area is 136 Å². The Bertz CT molecular complexity index is 662. The van der Waals surface area contributed by atoms with Crippen LogP contribution in [-0.2, 0) is 0 Å². The van der Waals surface area contributed by atoms with Gasteiger partial charge in [0.15, 0.2) is 11.5 Å². The van der Waals surface area contributed by atoms with E-state index >= 15 is 0 Å². The zero-order valence-electron chi connectivity index (χ0n) is 13.2. The highest BCUT2D eigenvalue weighted by Crippen LogP contribution is 2.28. The van der Waals surface area contributed by atoms with Crippen LogP contribution in [-0.4, -0.2) is 26.9 Å². The van der Waals surface area contributed by atoms with E-state index < -0.39 is 0 Å². The first-order chi connectivity index (χ1) is 11.3. The van der Waals surface area contributed by atoms with Crippen LogP contribution in [0.2, 0.25) is 0 Å². The summed E-state index contributed by atoms with van der Waals surface area (Å²) in [6.45, 7) is 3.17. The van der Waals surface area contributed by atoms with Crippen LogP contribution >= 0.6 is 0 Å². The van der Waals surface area contributed by atoms with E-state index in [1.54, 1.807) is 25.3 Å². The molecule has 0 unspecified atom stereocenters. The highest BCUT2D eigenvalue weighted by molar-refractivity contribution is 5.46. The Kier molecular flexibility index (Phi) is 6.13. The van der Waals surface area contributed by atoms with E-state index in [0.717, 1.165) is 11.5 Å². The average Bonchev–Trinajstić information content (AvgIpc) is 2.60. The summed E-state index contributed by atoms with van der Waals surface area (Å²) < 4.78 is 21.9. The number of benzene rings is 2. The topological polar surface area (TPSA) is 60.7 Å². The smallest absolute Gasteiger partial charge is 0.162 e. The van der Waals surface area contributed by atoms with E-state index in [1.807, 2.05) is 31.2 Å². The Morgan fingerprint density at radius 2 is 1.57 bits per heavy atom. The molecule has 0 fully saturated rings. The molecule has 0 spiro atoms. The molecule has 2 aromatic carbocycles. The molecule has 0 aliphatic heterocycles. The lowest BCUT2D eigenvalue weighted by atomic mass is 10.2. The van der Waals surface area contributed by atoms with Gasteiger partial charge in [0.25, 0.3) is 0 Å². The number of methoxy groups -OCH3 is 1. The summed E-state index contributed by atoms with van der Waals surface area (Å²) in [4.78, 5) is 0. The van der Waals surface area contributed by atoms with Crippen molar-refractivity contribution in [3.8, 4) is 29.1 Å². The number of hydrogen-bond acceptors (Lipinski definition) is 5. The van der Waals surface area contributed by atoms with Gasteiger partial charge in [-0.1, -0.05) is 0 Å². The van der Waals surface area contributed by atoms with Crippen LogP contribution in [0.4, 0.5) is 0 Å². The summed E-state index contributed by atoms with van der Waals surface area (Å²) in [6, 6.07) is 14.5. The first kappa shape index (κ1) is 16.5. The number of hydrogen-bond donors (Lipinski definition) is 0. The lowest BCUT2D eigenvalue weighted by molar-refractivity contribution is 0.208. The lowest BCUT2D eigenvalue weighted by Gasteiger charge is -2.12.